The standard InChI is InChI=1S/C24H22ClFN6O2/c1-13-27-7-6-18(28-13)20-12-32(8-9-34-20)21-11-19-22(24(33)31(3)14(2)29-19)23(30-21)16-5-4-15(25)10-17(16)26/h4-7,10-11,20H,8-9,12H2,1-3H3/t20-/m1/s1. The van der Waals surface area contributed by atoms with Gasteiger partial charge in [-0.05, 0) is 38.1 Å². The summed E-state index contributed by atoms with van der Waals surface area (Å²) in [6.45, 7) is 5.11. The van der Waals surface area contributed by atoms with Gasteiger partial charge in [0.1, 0.15) is 29.4 Å². The van der Waals surface area contributed by atoms with E-state index in [2.05, 4.69) is 15.0 Å². The van der Waals surface area contributed by atoms with Crippen molar-refractivity contribution in [1.29, 1.82) is 0 Å². The number of morpholine rings is 1. The van der Waals surface area contributed by atoms with Gasteiger partial charge in [0.2, 0.25) is 0 Å². The predicted octanol–water partition coefficient (Wildman–Crippen LogP) is 3.77. The third-order valence-electron chi connectivity index (χ3n) is 5.98. The molecule has 3 aromatic heterocycles. The first-order valence-corrected chi connectivity index (χ1v) is 11.2. The summed E-state index contributed by atoms with van der Waals surface area (Å²) < 4.78 is 22.4. The molecule has 0 aliphatic carbocycles. The number of benzene rings is 1. The number of aromatic nitrogens is 5. The second kappa shape index (κ2) is 8.73. The number of ether oxygens (including phenoxy) is 1. The highest BCUT2D eigenvalue weighted by Crippen LogP contribution is 2.32. The zero-order valence-corrected chi connectivity index (χ0v) is 19.7. The Morgan fingerprint density at radius 2 is 1.97 bits per heavy atom. The molecule has 0 unspecified atom stereocenters. The van der Waals surface area contributed by atoms with E-state index in [-0.39, 0.29) is 33.3 Å². The van der Waals surface area contributed by atoms with E-state index in [4.69, 9.17) is 21.3 Å². The van der Waals surface area contributed by atoms with E-state index in [9.17, 15) is 9.18 Å². The zero-order valence-electron chi connectivity index (χ0n) is 18.9. The molecule has 0 spiro atoms. The summed E-state index contributed by atoms with van der Waals surface area (Å²) in [7, 11) is 1.64. The molecule has 1 aliphatic heterocycles. The predicted molar refractivity (Wildman–Crippen MR) is 128 cm³/mol. The van der Waals surface area contributed by atoms with Gasteiger partial charge in [0.05, 0.1) is 35.4 Å². The minimum atomic E-state index is -0.558. The average molecular weight is 481 g/mol. The molecule has 1 aromatic carbocycles. The summed E-state index contributed by atoms with van der Waals surface area (Å²) in [5, 5.41) is 0.522. The van der Waals surface area contributed by atoms with Gasteiger partial charge in [0.25, 0.3) is 5.56 Å². The van der Waals surface area contributed by atoms with Crippen LogP contribution in [-0.4, -0.2) is 44.2 Å². The number of hydrogen-bond donors (Lipinski definition) is 0. The summed E-state index contributed by atoms with van der Waals surface area (Å²) >= 11 is 5.97. The van der Waals surface area contributed by atoms with E-state index >= 15 is 0 Å². The van der Waals surface area contributed by atoms with Gasteiger partial charge in [-0.2, -0.15) is 0 Å². The molecule has 4 heterocycles. The number of rotatable bonds is 3. The SMILES string of the molecule is Cc1nccc([C@H]2CN(c3cc4nc(C)n(C)c(=O)c4c(-c4ccc(Cl)cc4F)n3)CCO2)n1. The van der Waals surface area contributed by atoms with Crippen LogP contribution in [0, 0.1) is 19.7 Å². The van der Waals surface area contributed by atoms with Crippen LogP contribution in [0.1, 0.15) is 23.4 Å². The first kappa shape index (κ1) is 22.4. The van der Waals surface area contributed by atoms with Crippen LogP contribution in [0.25, 0.3) is 22.2 Å². The van der Waals surface area contributed by atoms with Crippen LogP contribution in [0.2, 0.25) is 5.02 Å². The molecule has 10 heteroatoms. The molecule has 174 valence electrons. The molecule has 0 saturated carbocycles. The lowest BCUT2D eigenvalue weighted by molar-refractivity contribution is 0.0366. The third-order valence-corrected chi connectivity index (χ3v) is 6.21. The number of pyridine rings is 1. The monoisotopic (exact) mass is 480 g/mol. The Labute approximate surface area is 200 Å². The molecule has 8 nitrogen and oxygen atoms in total. The Morgan fingerprint density at radius 3 is 2.74 bits per heavy atom. The van der Waals surface area contributed by atoms with Crippen LogP contribution in [0.3, 0.4) is 0 Å². The van der Waals surface area contributed by atoms with Gasteiger partial charge in [0, 0.05) is 36.4 Å². The summed E-state index contributed by atoms with van der Waals surface area (Å²) in [6, 6.07) is 7.93. The number of hydrogen-bond acceptors (Lipinski definition) is 7. The van der Waals surface area contributed by atoms with E-state index in [0.717, 1.165) is 5.69 Å². The first-order valence-electron chi connectivity index (χ1n) is 10.8. The second-order valence-corrected chi connectivity index (χ2v) is 8.64. The number of nitrogens with zero attached hydrogens (tertiary/aromatic N) is 6. The average Bonchev–Trinajstić information content (AvgIpc) is 2.82. The maximum absolute atomic E-state index is 15.0. The highest BCUT2D eigenvalue weighted by atomic mass is 35.5. The number of anilines is 1. The van der Waals surface area contributed by atoms with Crippen LogP contribution in [0.5, 0.6) is 0 Å². The smallest absolute Gasteiger partial charge is 0.263 e. The van der Waals surface area contributed by atoms with Crippen molar-refractivity contribution < 1.29 is 9.13 Å². The van der Waals surface area contributed by atoms with Crippen LogP contribution in [-0.2, 0) is 11.8 Å². The van der Waals surface area contributed by atoms with Crippen molar-refractivity contribution in [1.82, 2.24) is 24.5 Å². The van der Waals surface area contributed by atoms with Gasteiger partial charge in [-0.3, -0.25) is 9.36 Å². The van der Waals surface area contributed by atoms with E-state index < -0.39 is 5.82 Å². The minimum Gasteiger partial charge on any atom is -0.368 e. The molecule has 5 rings (SSSR count). The van der Waals surface area contributed by atoms with Crippen molar-refractivity contribution in [2.24, 2.45) is 7.05 Å². The van der Waals surface area contributed by atoms with Crippen LogP contribution < -0.4 is 10.5 Å². The molecule has 1 aliphatic rings. The fourth-order valence-corrected chi connectivity index (χ4v) is 4.27. The Hall–Kier alpha value is -3.43. The van der Waals surface area contributed by atoms with Gasteiger partial charge in [-0.15, -0.1) is 0 Å². The molecular formula is C24H22ClFN6O2. The van der Waals surface area contributed by atoms with Crippen molar-refractivity contribution in [2.75, 3.05) is 24.6 Å². The van der Waals surface area contributed by atoms with Gasteiger partial charge < -0.3 is 9.64 Å². The second-order valence-electron chi connectivity index (χ2n) is 8.20. The highest BCUT2D eigenvalue weighted by molar-refractivity contribution is 6.30. The van der Waals surface area contributed by atoms with E-state index in [1.807, 2.05) is 17.9 Å². The molecule has 1 saturated heterocycles. The van der Waals surface area contributed by atoms with Crippen molar-refractivity contribution in [3.05, 3.63) is 75.1 Å². The molecule has 0 amide bonds. The molecule has 0 N–H and O–H groups in total. The van der Waals surface area contributed by atoms with Crippen LogP contribution in [0.15, 0.2) is 41.3 Å². The summed E-state index contributed by atoms with van der Waals surface area (Å²) in [5.74, 6) is 1.24. The Bertz CT molecular complexity index is 1470. The fraction of sp³-hybridized carbons (Fsp3) is 0.292. The molecule has 1 atom stereocenters. The summed E-state index contributed by atoms with van der Waals surface area (Å²) in [5.41, 5.74) is 1.37. The van der Waals surface area contributed by atoms with E-state index in [1.165, 1.54) is 16.7 Å². The Kier molecular flexibility index (Phi) is 5.75. The third kappa shape index (κ3) is 4.01. The Balaban J connectivity index is 1.66. The van der Waals surface area contributed by atoms with Gasteiger partial charge >= 0.3 is 0 Å². The largest absolute Gasteiger partial charge is 0.368 e. The normalized spacial score (nSPS) is 16.3. The van der Waals surface area contributed by atoms with Crippen molar-refractivity contribution >= 4 is 28.3 Å². The van der Waals surface area contributed by atoms with Crippen LogP contribution >= 0.6 is 11.6 Å². The molecule has 4 aromatic rings. The molecular weight excluding hydrogens is 459 g/mol. The maximum atomic E-state index is 15.0. The van der Waals surface area contributed by atoms with Crippen molar-refractivity contribution in [3.8, 4) is 11.3 Å². The topological polar surface area (TPSA) is 86.0 Å². The van der Waals surface area contributed by atoms with Crippen molar-refractivity contribution in [3.63, 3.8) is 0 Å². The van der Waals surface area contributed by atoms with E-state index in [1.54, 1.807) is 32.3 Å². The fourth-order valence-electron chi connectivity index (χ4n) is 4.11. The summed E-state index contributed by atoms with van der Waals surface area (Å²) in [4.78, 5) is 33.2. The molecule has 34 heavy (non-hydrogen) atoms. The quantitative estimate of drug-likeness (QED) is 0.441. The number of halogens is 2. The van der Waals surface area contributed by atoms with Gasteiger partial charge in [-0.1, -0.05) is 11.6 Å². The zero-order chi connectivity index (χ0) is 24.0. The molecule has 0 radical (unpaired) electrons. The van der Waals surface area contributed by atoms with Crippen LogP contribution in [0.4, 0.5) is 10.2 Å². The minimum absolute atomic E-state index is 0.190. The molecule has 0 bridgehead atoms. The lowest BCUT2D eigenvalue weighted by Gasteiger charge is -2.33. The maximum Gasteiger partial charge on any atom is 0.263 e. The number of aryl methyl sites for hydroxylation is 2. The number of fused-ring (bicyclic) bond motifs is 1. The lowest BCUT2D eigenvalue weighted by atomic mass is 10.1. The van der Waals surface area contributed by atoms with Gasteiger partial charge in [-0.25, -0.2) is 24.3 Å². The molecule has 1 fully saturated rings. The lowest BCUT2D eigenvalue weighted by Crippen LogP contribution is -2.39. The van der Waals surface area contributed by atoms with Gasteiger partial charge in [0.15, 0.2) is 0 Å². The highest BCUT2D eigenvalue weighted by Gasteiger charge is 2.26. The van der Waals surface area contributed by atoms with E-state index in [0.29, 0.717) is 42.7 Å². The first-order chi connectivity index (χ1) is 16.3. The Morgan fingerprint density at radius 1 is 1.15 bits per heavy atom. The van der Waals surface area contributed by atoms with Crippen molar-refractivity contribution in [2.45, 2.75) is 20.0 Å². The summed E-state index contributed by atoms with van der Waals surface area (Å²) in [6.07, 6.45) is 1.43.